The van der Waals surface area contributed by atoms with E-state index in [9.17, 15) is 4.79 Å². The number of rotatable bonds is 3. The number of hydrogen-bond acceptors (Lipinski definition) is 3. The summed E-state index contributed by atoms with van der Waals surface area (Å²) in [6.07, 6.45) is 2.32. The van der Waals surface area contributed by atoms with Gasteiger partial charge in [0.05, 0.1) is 5.92 Å². The number of piperidine rings is 3. The molecule has 3 aliphatic heterocycles. The second-order valence-electron chi connectivity index (χ2n) is 6.94. The minimum Gasteiger partial charge on any atom is -0.399 e. The number of carbonyl (C=O) groups excluding carboxylic acids is 1. The average Bonchev–Trinajstić information content (AvgIpc) is 2.63. The van der Waals surface area contributed by atoms with Crippen molar-refractivity contribution in [2.45, 2.75) is 12.8 Å². The van der Waals surface area contributed by atoms with E-state index in [4.69, 9.17) is 5.73 Å². The van der Waals surface area contributed by atoms with E-state index in [2.05, 4.69) is 10.2 Å². The zero-order chi connectivity index (χ0) is 16.5. The van der Waals surface area contributed by atoms with Crippen molar-refractivity contribution in [2.75, 3.05) is 30.7 Å². The van der Waals surface area contributed by atoms with Gasteiger partial charge in [-0.1, -0.05) is 24.3 Å². The molecule has 3 N–H and O–H groups in total. The largest absolute Gasteiger partial charge is 0.399 e. The van der Waals surface area contributed by atoms with Crippen molar-refractivity contribution < 1.29 is 4.79 Å². The lowest BCUT2D eigenvalue weighted by Gasteiger charge is -2.43. The van der Waals surface area contributed by atoms with Crippen LogP contribution >= 0.6 is 24.8 Å². The van der Waals surface area contributed by atoms with Crippen LogP contribution in [0.15, 0.2) is 48.5 Å². The fourth-order valence-corrected chi connectivity index (χ4v) is 3.96. The van der Waals surface area contributed by atoms with Crippen LogP contribution in [0.1, 0.15) is 12.8 Å². The summed E-state index contributed by atoms with van der Waals surface area (Å²) in [5, 5.41) is 3.10. The molecule has 0 radical (unpaired) electrons. The lowest BCUT2D eigenvalue weighted by molar-refractivity contribution is -0.125. The van der Waals surface area contributed by atoms with Gasteiger partial charge in [0.25, 0.3) is 0 Å². The molecule has 1 atom stereocenters. The molecular weight excluding hydrogens is 369 g/mol. The van der Waals surface area contributed by atoms with E-state index in [1.54, 1.807) is 0 Å². The van der Waals surface area contributed by atoms with E-state index in [0.717, 1.165) is 55.0 Å². The highest BCUT2D eigenvalue weighted by molar-refractivity contribution is 5.93. The molecule has 6 heteroatoms. The average molecular weight is 394 g/mol. The number of halogens is 2. The van der Waals surface area contributed by atoms with E-state index < -0.39 is 0 Å². The second-order valence-corrected chi connectivity index (χ2v) is 6.94. The third-order valence-electron chi connectivity index (χ3n) is 5.37. The second kappa shape index (κ2) is 8.76. The molecule has 3 fully saturated rings. The Kier molecular flexibility index (Phi) is 6.93. The van der Waals surface area contributed by atoms with Gasteiger partial charge < -0.3 is 16.0 Å². The van der Waals surface area contributed by atoms with E-state index in [1.165, 1.54) is 0 Å². The van der Waals surface area contributed by atoms with Gasteiger partial charge in [-0.25, -0.2) is 0 Å². The lowest BCUT2D eigenvalue weighted by atomic mass is 9.78. The van der Waals surface area contributed by atoms with Crippen molar-refractivity contribution in [3.63, 3.8) is 0 Å². The Morgan fingerprint density at radius 2 is 1.69 bits per heavy atom. The summed E-state index contributed by atoms with van der Waals surface area (Å²) >= 11 is 0. The summed E-state index contributed by atoms with van der Waals surface area (Å²) < 4.78 is 0. The van der Waals surface area contributed by atoms with Gasteiger partial charge in [-0.2, -0.15) is 0 Å². The maximum absolute atomic E-state index is 12.6. The first-order valence-corrected chi connectivity index (χ1v) is 8.68. The van der Waals surface area contributed by atoms with Gasteiger partial charge >= 0.3 is 0 Å². The van der Waals surface area contributed by atoms with Crippen molar-refractivity contribution in [1.29, 1.82) is 0 Å². The molecule has 4 nitrogen and oxygen atoms in total. The number of nitrogens with two attached hydrogens (primary N) is 1. The topological polar surface area (TPSA) is 58.4 Å². The predicted octanol–water partition coefficient (Wildman–Crippen LogP) is 4.06. The van der Waals surface area contributed by atoms with Crippen LogP contribution in [0, 0.1) is 11.8 Å². The molecule has 140 valence electrons. The summed E-state index contributed by atoms with van der Waals surface area (Å²) in [6, 6.07) is 15.8. The number of amides is 1. The summed E-state index contributed by atoms with van der Waals surface area (Å²) in [7, 11) is 0. The zero-order valence-electron chi connectivity index (χ0n) is 14.6. The smallest absolute Gasteiger partial charge is 0.229 e. The lowest BCUT2D eigenvalue weighted by Crippen LogP contribution is -2.51. The van der Waals surface area contributed by atoms with Crippen LogP contribution < -0.4 is 11.1 Å². The number of anilines is 2. The summed E-state index contributed by atoms with van der Waals surface area (Å²) in [5.41, 5.74) is 9.65. The molecule has 26 heavy (non-hydrogen) atoms. The molecule has 2 aromatic rings. The molecule has 1 amide bonds. The quantitative estimate of drug-likeness (QED) is 0.772. The number of carbonyl (C=O) groups is 1. The van der Waals surface area contributed by atoms with Crippen molar-refractivity contribution in [2.24, 2.45) is 11.8 Å². The minimum absolute atomic E-state index is 0. The molecule has 3 aliphatic rings. The van der Waals surface area contributed by atoms with E-state index >= 15 is 0 Å². The first-order chi connectivity index (χ1) is 11.7. The van der Waals surface area contributed by atoms with Crippen LogP contribution in [0.3, 0.4) is 0 Å². The van der Waals surface area contributed by atoms with Crippen molar-refractivity contribution >= 4 is 42.1 Å². The van der Waals surface area contributed by atoms with E-state index in [0.29, 0.717) is 5.92 Å². The Bertz CT molecular complexity index is 743. The Morgan fingerprint density at radius 1 is 1.00 bits per heavy atom. The third-order valence-corrected chi connectivity index (χ3v) is 5.37. The molecule has 5 rings (SSSR count). The summed E-state index contributed by atoms with van der Waals surface area (Å²) in [4.78, 5) is 15.0. The normalized spacial score (nSPS) is 23.5. The number of nitrogens with one attached hydrogen (secondary N) is 1. The molecule has 0 spiro atoms. The standard InChI is InChI=1S/C20H23N3O.2ClH/c21-17-3-1-2-16(12-17)14-4-6-18(7-5-14)22-20(24)19-13-23-10-8-15(19)9-11-23;;/h1-7,12,15,19H,8-11,13,21H2,(H,22,24);2*1H/t19-;;/m0../s1. The van der Waals surface area contributed by atoms with Crippen molar-refractivity contribution in [1.82, 2.24) is 4.90 Å². The number of benzene rings is 2. The Balaban J connectivity index is 0.00000121. The Labute approximate surface area is 167 Å². The molecule has 0 unspecified atom stereocenters. The molecule has 0 aromatic heterocycles. The molecule has 3 saturated heterocycles. The summed E-state index contributed by atoms with van der Waals surface area (Å²) in [5.74, 6) is 0.865. The van der Waals surface area contributed by atoms with Gasteiger partial charge in [0.1, 0.15) is 0 Å². The van der Waals surface area contributed by atoms with Crippen LogP contribution in [-0.2, 0) is 4.79 Å². The maximum Gasteiger partial charge on any atom is 0.229 e. The van der Waals surface area contributed by atoms with Gasteiger partial charge in [-0.3, -0.25) is 4.79 Å². The molecular formula is C20H25Cl2N3O. The monoisotopic (exact) mass is 393 g/mol. The molecule has 2 aromatic carbocycles. The minimum atomic E-state index is 0. The van der Waals surface area contributed by atoms with E-state index in [1.807, 2.05) is 48.5 Å². The van der Waals surface area contributed by atoms with Crippen LogP contribution in [0.25, 0.3) is 11.1 Å². The highest BCUT2D eigenvalue weighted by atomic mass is 35.5. The molecule has 0 aliphatic carbocycles. The van der Waals surface area contributed by atoms with Gasteiger partial charge in [-0.05, 0) is 67.2 Å². The Hall–Kier alpha value is -1.75. The van der Waals surface area contributed by atoms with Gasteiger partial charge in [-0.15, -0.1) is 24.8 Å². The number of fused-ring (bicyclic) bond motifs is 3. The van der Waals surface area contributed by atoms with Crippen LogP contribution in [0.2, 0.25) is 0 Å². The Morgan fingerprint density at radius 3 is 2.27 bits per heavy atom. The van der Waals surface area contributed by atoms with Gasteiger partial charge in [0.2, 0.25) is 5.91 Å². The third kappa shape index (κ3) is 4.32. The number of nitrogens with zero attached hydrogens (tertiary/aromatic N) is 1. The van der Waals surface area contributed by atoms with Crippen LogP contribution in [0.4, 0.5) is 11.4 Å². The fraction of sp³-hybridized carbons (Fsp3) is 0.350. The van der Waals surface area contributed by atoms with Crippen LogP contribution in [0.5, 0.6) is 0 Å². The van der Waals surface area contributed by atoms with Gasteiger partial charge in [0, 0.05) is 17.9 Å². The number of nitrogen functional groups attached to an aromatic ring is 1. The van der Waals surface area contributed by atoms with Crippen molar-refractivity contribution in [3.8, 4) is 11.1 Å². The SMILES string of the molecule is Cl.Cl.Nc1cccc(-c2ccc(NC(=O)[C@H]3CN4CCC3CC4)cc2)c1. The predicted molar refractivity (Wildman–Crippen MR) is 112 cm³/mol. The molecule has 0 saturated carbocycles. The highest BCUT2D eigenvalue weighted by Gasteiger charge is 2.38. The van der Waals surface area contributed by atoms with Crippen LogP contribution in [-0.4, -0.2) is 30.4 Å². The first kappa shape index (κ1) is 20.6. The summed E-state index contributed by atoms with van der Waals surface area (Å²) in [6.45, 7) is 3.23. The highest BCUT2D eigenvalue weighted by Crippen LogP contribution is 2.33. The first-order valence-electron chi connectivity index (χ1n) is 8.68. The van der Waals surface area contributed by atoms with Crippen molar-refractivity contribution in [3.05, 3.63) is 48.5 Å². The zero-order valence-corrected chi connectivity index (χ0v) is 16.2. The maximum atomic E-state index is 12.6. The fourth-order valence-electron chi connectivity index (χ4n) is 3.96. The van der Waals surface area contributed by atoms with E-state index in [-0.39, 0.29) is 36.6 Å². The van der Waals surface area contributed by atoms with Gasteiger partial charge in [0.15, 0.2) is 0 Å². The molecule has 3 heterocycles. The molecule has 2 bridgehead atoms. The number of hydrogen-bond donors (Lipinski definition) is 2.